The van der Waals surface area contributed by atoms with Crippen LogP contribution in [0.25, 0.3) is 0 Å². The van der Waals surface area contributed by atoms with Crippen LogP contribution >= 0.6 is 8.60 Å². The predicted octanol–water partition coefficient (Wildman–Crippen LogP) is 7.21. The summed E-state index contributed by atoms with van der Waals surface area (Å²) in [4.78, 5) is 0. The lowest BCUT2D eigenvalue weighted by Crippen LogP contribution is -2.12. The van der Waals surface area contributed by atoms with E-state index < -0.39 is 8.60 Å². The zero-order valence-electron chi connectivity index (χ0n) is 19.3. The van der Waals surface area contributed by atoms with E-state index in [1.165, 1.54) is 22.3 Å². The van der Waals surface area contributed by atoms with Crippen molar-refractivity contribution in [2.75, 3.05) is 7.11 Å². The summed E-state index contributed by atoms with van der Waals surface area (Å²) in [5, 5.41) is 0. The van der Waals surface area contributed by atoms with Gasteiger partial charge in [0.1, 0.15) is 11.5 Å². The van der Waals surface area contributed by atoms with E-state index in [9.17, 15) is 0 Å². The maximum absolute atomic E-state index is 6.45. The fraction of sp³-hybridized carbons (Fsp3) is 0.308. The lowest BCUT2D eigenvalue weighted by molar-refractivity contribution is 0.354. The molecule has 0 aromatic heterocycles. The molecule has 0 unspecified atom stereocenters. The fourth-order valence-electron chi connectivity index (χ4n) is 4.02. The Morgan fingerprint density at radius 1 is 0.710 bits per heavy atom. The van der Waals surface area contributed by atoms with E-state index in [0.717, 1.165) is 40.2 Å². The molecule has 31 heavy (non-hydrogen) atoms. The Morgan fingerprint density at radius 2 is 1.23 bits per heavy atom. The molecule has 4 nitrogen and oxygen atoms in total. The molecule has 3 aromatic carbocycles. The minimum Gasteiger partial charge on any atom is -0.493 e. The Kier molecular flexibility index (Phi) is 5.85. The first kappa shape index (κ1) is 21.5. The number of fused-ring (bicyclic) bond motifs is 2. The number of methoxy groups -OCH3 is 1. The van der Waals surface area contributed by atoms with Crippen molar-refractivity contribution in [3.8, 4) is 23.0 Å². The number of benzene rings is 3. The Balaban J connectivity index is 1.86. The third-order valence-electron chi connectivity index (χ3n) is 5.84. The van der Waals surface area contributed by atoms with Crippen LogP contribution in [0.4, 0.5) is 0 Å². The van der Waals surface area contributed by atoms with E-state index >= 15 is 0 Å². The Labute approximate surface area is 186 Å². The second-order valence-electron chi connectivity index (χ2n) is 8.30. The second-order valence-corrected chi connectivity index (χ2v) is 9.30. The summed E-state index contributed by atoms with van der Waals surface area (Å²) in [6.07, 6.45) is 0.766. The zero-order valence-corrected chi connectivity index (χ0v) is 20.1. The van der Waals surface area contributed by atoms with Gasteiger partial charge in [0.25, 0.3) is 0 Å². The van der Waals surface area contributed by atoms with Crippen molar-refractivity contribution in [2.24, 2.45) is 0 Å². The van der Waals surface area contributed by atoms with Gasteiger partial charge >= 0.3 is 8.60 Å². The molecule has 0 saturated heterocycles. The van der Waals surface area contributed by atoms with Crippen LogP contribution in [-0.2, 0) is 6.42 Å². The lowest BCUT2D eigenvalue weighted by Gasteiger charge is -2.28. The molecule has 0 aliphatic carbocycles. The Morgan fingerprint density at radius 3 is 1.74 bits per heavy atom. The van der Waals surface area contributed by atoms with Crippen LogP contribution in [0.1, 0.15) is 44.5 Å². The normalized spacial score (nSPS) is 13.3. The predicted molar refractivity (Wildman–Crippen MR) is 126 cm³/mol. The van der Waals surface area contributed by atoms with Gasteiger partial charge in [-0.3, -0.25) is 0 Å². The molecule has 0 atom stereocenters. The molecule has 1 aliphatic rings. The van der Waals surface area contributed by atoms with E-state index in [2.05, 4.69) is 58.0 Å². The Hall–Kier alpha value is -2.71. The minimum absolute atomic E-state index is 0.651. The average molecular weight is 436 g/mol. The highest BCUT2D eigenvalue weighted by Crippen LogP contribution is 2.51. The summed E-state index contributed by atoms with van der Waals surface area (Å²) in [7, 11) is -0.0972. The van der Waals surface area contributed by atoms with Gasteiger partial charge in [-0.05, 0) is 81.0 Å². The summed E-state index contributed by atoms with van der Waals surface area (Å²) in [6.45, 7) is 12.4. The number of ether oxygens (including phenoxy) is 1. The van der Waals surface area contributed by atoms with Crippen LogP contribution < -0.4 is 18.3 Å². The largest absolute Gasteiger partial charge is 0.530 e. The van der Waals surface area contributed by atoms with Gasteiger partial charge in [-0.2, -0.15) is 0 Å². The van der Waals surface area contributed by atoms with Gasteiger partial charge in [0.15, 0.2) is 11.5 Å². The molecule has 1 aliphatic heterocycles. The Bertz CT molecular complexity index is 1090. The van der Waals surface area contributed by atoms with Crippen molar-refractivity contribution >= 4 is 8.60 Å². The van der Waals surface area contributed by atoms with E-state index in [4.69, 9.17) is 18.3 Å². The molecule has 0 amide bonds. The fourth-order valence-corrected chi connectivity index (χ4v) is 5.32. The molecule has 0 spiro atoms. The van der Waals surface area contributed by atoms with Gasteiger partial charge in [0.2, 0.25) is 0 Å². The SMILES string of the molecule is COc1cc(C)cc(C)c1OP1Oc2c(C)ccc(C)c2Cc2c(C)ccc(C)c2O1. The van der Waals surface area contributed by atoms with Crippen molar-refractivity contribution in [1.82, 2.24) is 0 Å². The van der Waals surface area contributed by atoms with Crippen molar-refractivity contribution in [3.63, 3.8) is 0 Å². The first-order valence-electron chi connectivity index (χ1n) is 10.5. The van der Waals surface area contributed by atoms with Gasteiger partial charge in [-0.1, -0.05) is 30.3 Å². The maximum atomic E-state index is 6.45. The molecule has 0 radical (unpaired) electrons. The van der Waals surface area contributed by atoms with Crippen LogP contribution in [0.5, 0.6) is 23.0 Å². The average Bonchev–Trinajstić information content (AvgIpc) is 2.71. The van der Waals surface area contributed by atoms with Gasteiger partial charge in [0, 0.05) is 17.5 Å². The summed E-state index contributed by atoms with van der Waals surface area (Å²) in [5.74, 6) is 3.03. The molecule has 0 saturated carbocycles. The maximum Gasteiger partial charge on any atom is 0.530 e. The van der Waals surface area contributed by atoms with Gasteiger partial charge in [0.05, 0.1) is 7.11 Å². The first-order valence-corrected chi connectivity index (χ1v) is 11.6. The third-order valence-corrected chi connectivity index (χ3v) is 6.83. The highest BCUT2D eigenvalue weighted by molar-refractivity contribution is 7.43. The first-order chi connectivity index (χ1) is 14.8. The molecule has 162 valence electrons. The van der Waals surface area contributed by atoms with Gasteiger partial charge < -0.3 is 18.3 Å². The number of hydrogen-bond acceptors (Lipinski definition) is 4. The molecule has 4 rings (SSSR count). The van der Waals surface area contributed by atoms with Crippen molar-refractivity contribution in [2.45, 2.75) is 48.0 Å². The number of aryl methyl sites for hydroxylation is 6. The molecular weight excluding hydrogens is 407 g/mol. The molecule has 5 heteroatoms. The molecule has 3 aromatic rings. The van der Waals surface area contributed by atoms with Gasteiger partial charge in [-0.25, -0.2) is 0 Å². The van der Waals surface area contributed by atoms with Crippen molar-refractivity contribution < 1.29 is 18.3 Å². The summed E-state index contributed by atoms with van der Waals surface area (Å²) >= 11 is 0. The monoisotopic (exact) mass is 436 g/mol. The highest BCUT2D eigenvalue weighted by atomic mass is 31.2. The minimum atomic E-state index is -1.75. The second kappa shape index (κ2) is 8.43. The summed E-state index contributed by atoms with van der Waals surface area (Å²) in [5.41, 5.74) is 9.01. The summed E-state index contributed by atoms with van der Waals surface area (Å²) in [6, 6.07) is 12.5. The molecule has 0 N–H and O–H groups in total. The van der Waals surface area contributed by atoms with E-state index in [-0.39, 0.29) is 0 Å². The summed E-state index contributed by atoms with van der Waals surface area (Å²) < 4.78 is 24.9. The molecular formula is C26H29O4P. The van der Waals surface area contributed by atoms with E-state index in [0.29, 0.717) is 11.5 Å². The molecule has 0 bridgehead atoms. The van der Waals surface area contributed by atoms with Gasteiger partial charge in [-0.15, -0.1) is 0 Å². The quantitative estimate of drug-likeness (QED) is 0.406. The van der Waals surface area contributed by atoms with Crippen LogP contribution in [-0.4, -0.2) is 7.11 Å². The highest BCUT2D eigenvalue weighted by Gasteiger charge is 2.30. The smallest absolute Gasteiger partial charge is 0.493 e. The van der Waals surface area contributed by atoms with Crippen molar-refractivity contribution in [3.05, 3.63) is 80.9 Å². The molecule has 1 heterocycles. The standard InChI is InChI=1S/C26H29O4P/c1-15-12-20(6)26(23(13-15)27-7)30-31-28-24-18(4)10-8-16(2)21(24)14-22-17(3)9-11-19(5)25(22)29-31/h8-13H,14H2,1-7H3. The van der Waals surface area contributed by atoms with Crippen LogP contribution in [0.3, 0.4) is 0 Å². The van der Waals surface area contributed by atoms with Crippen molar-refractivity contribution in [1.29, 1.82) is 0 Å². The topological polar surface area (TPSA) is 36.9 Å². The zero-order chi connectivity index (χ0) is 22.3. The van der Waals surface area contributed by atoms with E-state index in [1.54, 1.807) is 7.11 Å². The number of hydrogen-bond donors (Lipinski definition) is 0. The van der Waals surface area contributed by atoms with Crippen LogP contribution in [0.2, 0.25) is 0 Å². The van der Waals surface area contributed by atoms with E-state index in [1.807, 2.05) is 19.9 Å². The van der Waals surface area contributed by atoms with Crippen LogP contribution in [0.15, 0.2) is 36.4 Å². The number of rotatable bonds is 3. The lowest BCUT2D eigenvalue weighted by atomic mass is 9.93. The van der Waals surface area contributed by atoms with Crippen LogP contribution in [0, 0.1) is 41.5 Å². The molecule has 0 fully saturated rings. The third kappa shape index (κ3) is 4.09.